The van der Waals surface area contributed by atoms with Gasteiger partial charge in [-0.1, -0.05) is 36.0 Å². The van der Waals surface area contributed by atoms with Crippen molar-refractivity contribution in [1.82, 2.24) is 5.01 Å². The van der Waals surface area contributed by atoms with Gasteiger partial charge in [0.05, 0.1) is 26.0 Å². The highest BCUT2D eigenvalue weighted by atomic mass is 32.2. The third kappa shape index (κ3) is 5.40. The van der Waals surface area contributed by atoms with Gasteiger partial charge in [-0.3, -0.25) is 9.59 Å². The Labute approximate surface area is 223 Å². The molecule has 2 amide bonds. The van der Waals surface area contributed by atoms with Crippen molar-refractivity contribution in [2.45, 2.75) is 24.1 Å². The highest BCUT2D eigenvalue weighted by molar-refractivity contribution is 8.15. The second kappa shape index (κ2) is 11.1. The van der Waals surface area contributed by atoms with E-state index in [1.165, 1.54) is 6.07 Å². The minimum atomic E-state index is -0.711. The molecule has 0 fully saturated rings. The average Bonchev–Trinajstić information content (AvgIpc) is 3.53. The van der Waals surface area contributed by atoms with E-state index in [-0.39, 0.29) is 18.1 Å². The van der Waals surface area contributed by atoms with Gasteiger partial charge in [-0.05, 0) is 48.0 Å². The molecule has 38 heavy (non-hydrogen) atoms. The molecule has 5 rings (SSSR count). The highest BCUT2D eigenvalue weighted by Crippen LogP contribution is 2.39. The van der Waals surface area contributed by atoms with Crippen LogP contribution in [0.3, 0.4) is 0 Å². The number of benzene rings is 3. The Morgan fingerprint density at radius 1 is 1.05 bits per heavy atom. The van der Waals surface area contributed by atoms with Crippen LogP contribution in [0.5, 0.6) is 11.5 Å². The fourth-order valence-electron chi connectivity index (χ4n) is 4.32. The number of hydrogen-bond acceptors (Lipinski definition) is 7. The Hall–Kier alpha value is -4.18. The highest BCUT2D eigenvalue weighted by Gasteiger charge is 2.39. The van der Waals surface area contributed by atoms with Crippen LogP contribution in [-0.4, -0.2) is 47.2 Å². The average molecular weight is 533 g/mol. The number of amides is 2. The van der Waals surface area contributed by atoms with E-state index in [9.17, 15) is 14.0 Å². The molecule has 0 saturated carbocycles. The summed E-state index contributed by atoms with van der Waals surface area (Å²) in [6.07, 6.45) is 0.350. The number of aliphatic imine (C=N–C) groups is 1. The standard InChI is InChI=1S/C28H25FN4O4S/c1-36-19-12-10-17(11-13-19)23-15-24(21-8-3-4-9-22(21)29)33(32-23)28-31-27(35)25(38-28)16-26(34)30-18-6-5-7-20(14-18)37-2/h3-14,24-25H,15-16H2,1-2H3,(H,30,34). The molecule has 8 nitrogen and oxygen atoms in total. The molecule has 2 aliphatic rings. The first-order chi connectivity index (χ1) is 18.4. The molecule has 1 N–H and O–H groups in total. The third-order valence-corrected chi connectivity index (χ3v) is 7.39. The van der Waals surface area contributed by atoms with Crippen molar-refractivity contribution in [3.05, 3.63) is 89.7 Å². The lowest BCUT2D eigenvalue weighted by molar-refractivity contribution is -0.121. The van der Waals surface area contributed by atoms with Crippen molar-refractivity contribution in [2.24, 2.45) is 10.1 Å². The quantitative estimate of drug-likeness (QED) is 0.459. The van der Waals surface area contributed by atoms with Crippen molar-refractivity contribution >= 4 is 40.1 Å². The predicted octanol–water partition coefficient (Wildman–Crippen LogP) is 5.02. The van der Waals surface area contributed by atoms with Crippen LogP contribution in [0.1, 0.15) is 30.0 Å². The number of ether oxygens (including phenoxy) is 2. The lowest BCUT2D eigenvalue weighted by Crippen LogP contribution is -2.25. The first-order valence-corrected chi connectivity index (χ1v) is 12.8. The van der Waals surface area contributed by atoms with Gasteiger partial charge in [-0.2, -0.15) is 10.1 Å². The Morgan fingerprint density at radius 2 is 1.82 bits per heavy atom. The molecule has 3 aromatic carbocycles. The molecular weight excluding hydrogens is 507 g/mol. The number of amidine groups is 1. The number of methoxy groups -OCH3 is 2. The lowest BCUT2D eigenvalue weighted by atomic mass is 9.98. The number of carbonyl (C=O) groups is 2. The lowest BCUT2D eigenvalue weighted by Gasteiger charge is -2.23. The zero-order chi connectivity index (χ0) is 26.6. The first kappa shape index (κ1) is 25.5. The van der Waals surface area contributed by atoms with Crippen LogP contribution in [0.2, 0.25) is 0 Å². The van der Waals surface area contributed by atoms with Crippen molar-refractivity contribution < 1.29 is 23.5 Å². The number of halogens is 1. The molecule has 0 radical (unpaired) electrons. The summed E-state index contributed by atoms with van der Waals surface area (Å²) in [6.45, 7) is 0. The van der Waals surface area contributed by atoms with E-state index in [0.29, 0.717) is 34.3 Å². The third-order valence-electron chi connectivity index (χ3n) is 6.25. The van der Waals surface area contributed by atoms with E-state index < -0.39 is 17.2 Å². The second-order valence-corrected chi connectivity index (χ2v) is 9.85. The van der Waals surface area contributed by atoms with Crippen LogP contribution < -0.4 is 14.8 Å². The molecule has 10 heteroatoms. The Bertz CT molecular complexity index is 1430. The predicted molar refractivity (Wildman–Crippen MR) is 145 cm³/mol. The number of anilines is 1. The van der Waals surface area contributed by atoms with E-state index in [0.717, 1.165) is 23.0 Å². The molecule has 2 aliphatic heterocycles. The molecule has 0 spiro atoms. The van der Waals surface area contributed by atoms with Gasteiger partial charge < -0.3 is 14.8 Å². The maximum atomic E-state index is 14.8. The smallest absolute Gasteiger partial charge is 0.262 e. The van der Waals surface area contributed by atoms with Gasteiger partial charge in [0, 0.05) is 30.2 Å². The van der Waals surface area contributed by atoms with Crippen molar-refractivity contribution in [2.75, 3.05) is 19.5 Å². The second-order valence-electron chi connectivity index (χ2n) is 8.68. The van der Waals surface area contributed by atoms with E-state index in [1.54, 1.807) is 61.7 Å². The van der Waals surface area contributed by atoms with Crippen molar-refractivity contribution in [1.29, 1.82) is 0 Å². The van der Waals surface area contributed by atoms with Gasteiger partial charge in [0.25, 0.3) is 5.91 Å². The summed E-state index contributed by atoms with van der Waals surface area (Å²) in [7, 11) is 3.14. The van der Waals surface area contributed by atoms with Gasteiger partial charge in [0.1, 0.15) is 22.6 Å². The molecular formula is C28H25FN4O4S. The van der Waals surface area contributed by atoms with Crippen LogP contribution in [0.4, 0.5) is 10.1 Å². The van der Waals surface area contributed by atoms with Crippen LogP contribution in [0.15, 0.2) is 82.9 Å². The molecule has 0 saturated heterocycles. The SMILES string of the molecule is COc1ccc(C2=NN(C3=NC(=O)C(CC(=O)Nc4cccc(OC)c4)S3)C(c3ccccc3F)C2)cc1. The van der Waals surface area contributed by atoms with Crippen molar-refractivity contribution in [3.8, 4) is 11.5 Å². The largest absolute Gasteiger partial charge is 0.497 e. The van der Waals surface area contributed by atoms with Crippen LogP contribution in [0.25, 0.3) is 0 Å². The number of hydrazone groups is 1. The molecule has 2 unspecified atom stereocenters. The molecule has 0 bridgehead atoms. The molecule has 0 aliphatic carbocycles. The van der Waals surface area contributed by atoms with E-state index >= 15 is 0 Å². The Morgan fingerprint density at radius 3 is 2.55 bits per heavy atom. The fourth-order valence-corrected chi connectivity index (χ4v) is 5.38. The summed E-state index contributed by atoms with van der Waals surface area (Å²) in [5.41, 5.74) is 2.61. The van der Waals surface area contributed by atoms with Gasteiger partial charge in [-0.25, -0.2) is 9.40 Å². The Kier molecular flexibility index (Phi) is 7.41. The summed E-state index contributed by atoms with van der Waals surface area (Å²) >= 11 is 1.16. The molecule has 2 atom stereocenters. The summed E-state index contributed by atoms with van der Waals surface area (Å²) in [5.74, 6) is 0.212. The summed E-state index contributed by atoms with van der Waals surface area (Å²) in [4.78, 5) is 29.7. The number of nitrogens with one attached hydrogen (secondary N) is 1. The van der Waals surface area contributed by atoms with Gasteiger partial charge >= 0.3 is 0 Å². The van der Waals surface area contributed by atoms with Crippen LogP contribution in [0, 0.1) is 5.82 Å². The van der Waals surface area contributed by atoms with Crippen LogP contribution in [-0.2, 0) is 9.59 Å². The van der Waals surface area contributed by atoms with E-state index in [2.05, 4.69) is 10.3 Å². The zero-order valence-electron chi connectivity index (χ0n) is 20.8. The number of hydrogen-bond donors (Lipinski definition) is 1. The topological polar surface area (TPSA) is 92.6 Å². The van der Waals surface area contributed by atoms with Gasteiger partial charge in [-0.15, -0.1) is 0 Å². The first-order valence-electron chi connectivity index (χ1n) is 11.9. The molecule has 0 aromatic heterocycles. The maximum Gasteiger partial charge on any atom is 0.262 e. The number of carbonyl (C=O) groups excluding carboxylic acids is 2. The normalized spacial score (nSPS) is 18.7. The molecule has 3 aromatic rings. The summed E-state index contributed by atoms with van der Waals surface area (Å²) < 4.78 is 25.3. The van der Waals surface area contributed by atoms with Crippen LogP contribution >= 0.6 is 11.8 Å². The molecule has 2 heterocycles. The van der Waals surface area contributed by atoms with Gasteiger partial charge in [0.2, 0.25) is 5.91 Å². The Balaban J connectivity index is 1.35. The number of thioether (sulfide) groups is 1. The minimum absolute atomic E-state index is 0.0685. The minimum Gasteiger partial charge on any atom is -0.497 e. The number of rotatable bonds is 7. The maximum absolute atomic E-state index is 14.8. The van der Waals surface area contributed by atoms with E-state index in [4.69, 9.17) is 14.6 Å². The number of nitrogens with zero attached hydrogens (tertiary/aromatic N) is 3. The molecule has 194 valence electrons. The van der Waals surface area contributed by atoms with E-state index in [1.807, 2.05) is 24.3 Å². The van der Waals surface area contributed by atoms with Crippen molar-refractivity contribution in [3.63, 3.8) is 0 Å². The zero-order valence-corrected chi connectivity index (χ0v) is 21.6. The monoisotopic (exact) mass is 532 g/mol. The summed E-state index contributed by atoms with van der Waals surface area (Å²) in [6, 6.07) is 20.4. The van der Waals surface area contributed by atoms with Gasteiger partial charge in [0.15, 0.2) is 5.17 Å². The fraction of sp³-hybridized carbons (Fsp3) is 0.214. The summed E-state index contributed by atoms with van der Waals surface area (Å²) in [5, 5.41) is 8.77.